The highest BCUT2D eigenvalue weighted by Gasteiger charge is 2.12. The Hall–Kier alpha value is -0.593. The molecule has 0 aromatic rings. The zero-order valence-electron chi connectivity index (χ0n) is 6.21. The van der Waals surface area contributed by atoms with E-state index in [9.17, 15) is 4.79 Å². The van der Waals surface area contributed by atoms with Crippen molar-refractivity contribution in [2.75, 3.05) is 21.3 Å². The van der Waals surface area contributed by atoms with Crippen molar-refractivity contribution < 1.29 is 18.4 Å². The van der Waals surface area contributed by atoms with Crippen LogP contribution in [0.25, 0.3) is 0 Å². The van der Waals surface area contributed by atoms with Crippen molar-refractivity contribution in [1.82, 2.24) is 4.98 Å². The Bertz CT molecular complexity index is 105. The molecule has 0 heterocycles. The highest BCUT2D eigenvalue weighted by molar-refractivity contribution is 6.44. The minimum absolute atomic E-state index is 0.527. The van der Waals surface area contributed by atoms with Crippen molar-refractivity contribution in [1.29, 1.82) is 0 Å². The van der Waals surface area contributed by atoms with E-state index in [-0.39, 0.29) is 0 Å². The first-order valence-corrected chi connectivity index (χ1v) is 4.16. The molecular formula is C4H11NO4Si. The monoisotopic (exact) mass is 165 g/mol. The maximum absolute atomic E-state index is 10.5. The Labute approximate surface area is 61.2 Å². The van der Waals surface area contributed by atoms with Gasteiger partial charge in [-0.05, 0) is 0 Å². The third-order valence-electron chi connectivity index (χ3n) is 0.849. The summed E-state index contributed by atoms with van der Waals surface area (Å²) in [5.41, 5.74) is 0. The number of methoxy groups -OCH3 is 1. The molecule has 5 nitrogen and oxygen atoms in total. The lowest BCUT2D eigenvalue weighted by molar-refractivity contribution is 0.169. The van der Waals surface area contributed by atoms with Crippen LogP contribution in [0.2, 0.25) is 0 Å². The predicted octanol–water partition coefficient (Wildman–Crippen LogP) is -0.648. The van der Waals surface area contributed by atoms with Gasteiger partial charge in [0.1, 0.15) is 0 Å². The van der Waals surface area contributed by atoms with Gasteiger partial charge in [0.25, 0.3) is 0 Å². The summed E-state index contributed by atoms with van der Waals surface area (Å²) < 4.78 is 13.9. The second kappa shape index (κ2) is 5.21. The Morgan fingerprint density at radius 2 is 1.80 bits per heavy atom. The van der Waals surface area contributed by atoms with Crippen LogP contribution < -0.4 is 4.98 Å². The minimum Gasteiger partial charge on any atom is -0.453 e. The fourth-order valence-electron chi connectivity index (χ4n) is 0.369. The summed E-state index contributed by atoms with van der Waals surface area (Å²) in [6, 6.07) is 0. The molecule has 0 saturated carbocycles. The van der Waals surface area contributed by atoms with E-state index in [4.69, 9.17) is 8.85 Å². The van der Waals surface area contributed by atoms with E-state index in [1.165, 1.54) is 21.3 Å². The number of amides is 1. The standard InChI is InChI=1S/C4H11NO4Si/c1-7-4(6)5-10(8-2)9-3/h10H,1-3H3,(H,5,6). The molecular weight excluding hydrogens is 154 g/mol. The normalized spacial score (nSPS) is 9.60. The topological polar surface area (TPSA) is 56.8 Å². The van der Waals surface area contributed by atoms with Gasteiger partial charge in [0.2, 0.25) is 0 Å². The number of hydrogen-bond donors (Lipinski definition) is 1. The average Bonchev–Trinajstić information content (AvgIpc) is 1.99. The molecule has 0 unspecified atom stereocenters. The summed E-state index contributed by atoms with van der Waals surface area (Å²) in [7, 11) is 2.23. The van der Waals surface area contributed by atoms with E-state index in [2.05, 4.69) is 9.72 Å². The zero-order valence-corrected chi connectivity index (χ0v) is 7.37. The summed E-state index contributed by atoms with van der Waals surface area (Å²) in [4.78, 5) is 12.9. The van der Waals surface area contributed by atoms with Crippen LogP contribution in [0.4, 0.5) is 4.79 Å². The third-order valence-corrected chi connectivity index (χ3v) is 2.18. The molecule has 0 saturated heterocycles. The molecule has 6 heteroatoms. The molecule has 0 atom stereocenters. The van der Waals surface area contributed by atoms with Crippen molar-refractivity contribution in [2.24, 2.45) is 0 Å². The molecule has 0 aliphatic heterocycles. The third kappa shape index (κ3) is 3.44. The number of rotatable bonds is 3. The van der Waals surface area contributed by atoms with Crippen molar-refractivity contribution in [3.63, 3.8) is 0 Å². The predicted molar refractivity (Wildman–Crippen MR) is 36.7 cm³/mol. The van der Waals surface area contributed by atoms with Crippen molar-refractivity contribution in [3.8, 4) is 0 Å². The lowest BCUT2D eigenvalue weighted by Crippen LogP contribution is -2.42. The quantitative estimate of drug-likeness (QED) is 0.565. The van der Waals surface area contributed by atoms with E-state index in [1.54, 1.807) is 0 Å². The van der Waals surface area contributed by atoms with E-state index < -0.39 is 15.5 Å². The molecule has 0 bridgehead atoms. The molecule has 0 aliphatic carbocycles. The second-order valence-corrected chi connectivity index (χ2v) is 3.33. The first-order chi connectivity index (χ1) is 4.74. The Balaban J connectivity index is 3.52. The van der Waals surface area contributed by atoms with Gasteiger partial charge < -0.3 is 18.6 Å². The van der Waals surface area contributed by atoms with Crippen molar-refractivity contribution in [3.05, 3.63) is 0 Å². The Morgan fingerprint density at radius 1 is 1.30 bits per heavy atom. The molecule has 10 heavy (non-hydrogen) atoms. The number of carbonyl (C=O) groups is 1. The zero-order chi connectivity index (χ0) is 7.98. The van der Waals surface area contributed by atoms with Gasteiger partial charge in [0, 0.05) is 14.2 Å². The number of hydrogen-bond acceptors (Lipinski definition) is 4. The SMILES string of the molecule is COC(=O)N[SiH](OC)OC. The fraction of sp³-hybridized carbons (Fsp3) is 0.750. The lowest BCUT2D eigenvalue weighted by atomic mass is 11.2. The van der Waals surface area contributed by atoms with E-state index in [0.29, 0.717) is 0 Å². The minimum atomic E-state index is -1.99. The van der Waals surface area contributed by atoms with Crippen molar-refractivity contribution in [2.45, 2.75) is 0 Å². The summed E-state index contributed by atoms with van der Waals surface area (Å²) in [6.45, 7) is 0. The highest BCUT2D eigenvalue weighted by atomic mass is 28.3. The van der Waals surface area contributed by atoms with Gasteiger partial charge in [-0.2, -0.15) is 0 Å². The van der Waals surface area contributed by atoms with Gasteiger partial charge in [-0.1, -0.05) is 0 Å². The van der Waals surface area contributed by atoms with Crippen LogP contribution in [-0.2, 0) is 13.6 Å². The van der Waals surface area contributed by atoms with Crippen LogP contribution in [0, 0.1) is 0 Å². The van der Waals surface area contributed by atoms with Gasteiger partial charge in [0.15, 0.2) is 0 Å². The number of carbonyl (C=O) groups excluding carboxylic acids is 1. The summed E-state index contributed by atoms with van der Waals surface area (Å²) in [6.07, 6.45) is -0.527. The van der Waals surface area contributed by atoms with E-state index in [1.807, 2.05) is 0 Å². The Kier molecular flexibility index (Phi) is 4.90. The Morgan fingerprint density at radius 3 is 2.10 bits per heavy atom. The molecule has 0 aliphatic rings. The first-order valence-electron chi connectivity index (χ1n) is 2.64. The van der Waals surface area contributed by atoms with Crippen LogP contribution in [0.1, 0.15) is 0 Å². The number of nitrogens with one attached hydrogen (secondary N) is 1. The molecule has 0 rings (SSSR count). The molecule has 0 aromatic carbocycles. The lowest BCUT2D eigenvalue weighted by Gasteiger charge is -2.10. The van der Waals surface area contributed by atoms with Gasteiger partial charge in [0.05, 0.1) is 7.11 Å². The second-order valence-electron chi connectivity index (χ2n) is 1.44. The highest BCUT2D eigenvalue weighted by Crippen LogP contribution is 1.79. The summed E-state index contributed by atoms with van der Waals surface area (Å²) >= 11 is 0. The molecule has 0 spiro atoms. The van der Waals surface area contributed by atoms with Gasteiger partial charge in [-0.15, -0.1) is 0 Å². The largest absolute Gasteiger partial charge is 0.453 e. The summed E-state index contributed by atoms with van der Waals surface area (Å²) in [5, 5.41) is 0. The first kappa shape index (κ1) is 9.41. The molecule has 1 N–H and O–H groups in total. The van der Waals surface area contributed by atoms with E-state index in [0.717, 1.165) is 0 Å². The molecule has 0 aromatic heterocycles. The van der Waals surface area contributed by atoms with Crippen LogP contribution in [0.3, 0.4) is 0 Å². The van der Waals surface area contributed by atoms with Gasteiger partial charge in [-0.25, -0.2) is 4.79 Å². The summed E-state index contributed by atoms with van der Waals surface area (Å²) in [5.74, 6) is 0. The van der Waals surface area contributed by atoms with Crippen LogP contribution in [0.15, 0.2) is 0 Å². The smallest absolute Gasteiger partial charge is 0.444 e. The van der Waals surface area contributed by atoms with Crippen LogP contribution in [-0.4, -0.2) is 36.9 Å². The van der Waals surface area contributed by atoms with Gasteiger partial charge in [-0.3, -0.25) is 0 Å². The van der Waals surface area contributed by atoms with Crippen molar-refractivity contribution >= 4 is 15.5 Å². The maximum Gasteiger partial charge on any atom is 0.444 e. The van der Waals surface area contributed by atoms with E-state index >= 15 is 0 Å². The van der Waals surface area contributed by atoms with Gasteiger partial charge >= 0.3 is 15.5 Å². The maximum atomic E-state index is 10.5. The molecule has 0 radical (unpaired) electrons. The average molecular weight is 165 g/mol. The number of ether oxygens (including phenoxy) is 1. The fourth-order valence-corrected chi connectivity index (χ4v) is 1.11. The molecule has 1 amide bonds. The molecule has 0 fully saturated rings. The van der Waals surface area contributed by atoms with Crippen LogP contribution in [0.5, 0.6) is 0 Å². The molecule has 60 valence electrons. The van der Waals surface area contributed by atoms with Crippen LogP contribution >= 0.6 is 0 Å².